The smallest absolute Gasteiger partial charge is 0.323 e. The van der Waals surface area contributed by atoms with Gasteiger partial charge in [0.1, 0.15) is 0 Å². The number of nitrogens with zero attached hydrogens (tertiary/aromatic N) is 1. The number of hydrogen-bond donors (Lipinski definition) is 1. The summed E-state index contributed by atoms with van der Waals surface area (Å²) in [5, 5.41) is 0. The highest BCUT2D eigenvalue weighted by Crippen LogP contribution is 2.20. The highest BCUT2D eigenvalue weighted by molar-refractivity contribution is 5.31. The number of aryl methyl sites for hydroxylation is 2. The Labute approximate surface area is 112 Å². The minimum atomic E-state index is -4.18. The largest absolute Gasteiger partial charge is 0.401 e. The van der Waals surface area contributed by atoms with E-state index in [-0.39, 0.29) is 6.54 Å². The zero-order valence-electron chi connectivity index (χ0n) is 11.6. The van der Waals surface area contributed by atoms with Gasteiger partial charge in [-0.05, 0) is 37.1 Å². The van der Waals surface area contributed by atoms with Crippen molar-refractivity contribution in [1.29, 1.82) is 0 Å². The van der Waals surface area contributed by atoms with E-state index in [1.54, 1.807) is 6.92 Å². The maximum Gasteiger partial charge on any atom is 0.401 e. The number of likely N-dealkylation sites (N-methyl/N-ethyl adjacent to an activating group) is 1. The minimum Gasteiger partial charge on any atom is -0.323 e. The van der Waals surface area contributed by atoms with Crippen molar-refractivity contribution >= 4 is 0 Å². The maximum absolute atomic E-state index is 12.4. The van der Waals surface area contributed by atoms with Crippen LogP contribution in [0.4, 0.5) is 13.2 Å². The van der Waals surface area contributed by atoms with Gasteiger partial charge in [0.2, 0.25) is 0 Å². The van der Waals surface area contributed by atoms with Crippen LogP contribution in [-0.2, 0) is 0 Å². The van der Waals surface area contributed by atoms with Gasteiger partial charge in [-0.15, -0.1) is 0 Å². The van der Waals surface area contributed by atoms with Gasteiger partial charge in [-0.3, -0.25) is 4.90 Å². The number of alkyl halides is 3. The number of nitrogens with two attached hydrogens (primary N) is 1. The molecule has 0 aromatic heterocycles. The van der Waals surface area contributed by atoms with Crippen molar-refractivity contribution in [3.05, 3.63) is 34.9 Å². The van der Waals surface area contributed by atoms with Gasteiger partial charge < -0.3 is 5.73 Å². The van der Waals surface area contributed by atoms with Gasteiger partial charge in [0.05, 0.1) is 6.54 Å². The van der Waals surface area contributed by atoms with E-state index >= 15 is 0 Å². The summed E-state index contributed by atoms with van der Waals surface area (Å²) < 4.78 is 37.1. The van der Waals surface area contributed by atoms with Crippen LogP contribution in [0.25, 0.3) is 0 Å². The predicted molar refractivity (Wildman–Crippen MR) is 71.0 cm³/mol. The third-order valence-electron chi connectivity index (χ3n) is 3.26. The Hall–Kier alpha value is -1.07. The van der Waals surface area contributed by atoms with Crippen molar-refractivity contribution in [1.82, 2.24) is 4.90 Å². The van der Waals surface area contributed by atoms with Crippen LogP contribution in [0.3, 0.4) is 0 Å². The monoisotopic (exact) mass is 274 g/mol. The average molecular weight is 274 g/mol. The SMILES string of the molecule is CCN(CC(N)c1ccc(C)c(C)c1)CC(F)(F)F. The molecular weight excluding hydrogens is 253 g/mol. The highest BCUT2D eigenvalue weighted by Gasteiger charge is 2.30. The van der Waals surface area contributed by atoms with E-state index in [0.29, 0.717) is 6.54 Å². The fourth-order valence-electron chi connectivity index (χ4n) is 1.94. The van der Waals surface area contributed by atoms with Crippen LogP contribution in [-0.4, -0.2) is 30.7 Å². The third kappa shape index (κ3) is 5.20. The number of rotatable bonds is 5. The Bertz CT molecular complexity index is 416. The molecule has 5 heteroatoms. The van der Waals surface area contributed by atoms with Crippen molar-refractivity contribution in [3.63, 3.8) is 0 Å². The predicted octanol–water partition coefficient (Wildman–Crippen LogP) is 3.19. The van der Waals surface area contributed by atoms with Gasteiger partial charge in [-0.1, -0.05) is 25.1 Å². The summed E-state index contributed by atoms with van der Waals surface area (Å²) in [5.74, 6) is 0. The molecule has 2 N–H and O–H groups in total. The van der Waals surface area contributed by atoms with Gasteiger partial charge in [0.25, 0.3) is 0 Å². The molecule has 0 spiro atoms. The first-order valence-electron chi connectivity index (χ1n) is 6.34. The van der Waals surface area contributed by atoms with Crippen LogP contribution < -0.4 is 5.73 Å². The lowest BCUT2D eigenvalue weighted by atomic mass is 10.0. The van der Waals surface area contributed by atoms with E-state index in [9.17, 15) is 13.2 Å². The van der Waals surface area contributed by atoms with E-state index in [0.717, 1.165) is 16.7 Å². The number of benzene rings is 1. The van der Waals surface area contributed by atoms with Gasteiger partial charge in [-0.25, -0.2) is 0 Å². The Morgan fingerprint density at radius 1 is 1.21 bits per heavy atom. The van der Waals surface area contributed by atoms with E-state index in [1.165, 1.54) is 4.90 Å². The summed E-state index contributed by atoms with van der Waals surface area (Å²) in [5.41, 5.74) is 9.13. The van der Waals surface area contributed by atoms with Gasteiger partial charge >= 0.3 is 6.18 Å². The zero-order chi connectivity index (χ0) is 14.6. The van der Waals surface area contributed by atoms with Crippen LogP contribution in [0.5, 0.6) is 0 Å². The summed E-state index contributed by atoms with van der Waals surface area (Å²) in [4.78, 5) is 1.32. The molecule has 0 saturated carbocycles. The van der Waals surface area contributed by atoms with Crippen molar-refractivity contribution in [3.8, 4) is 0 Å². The van der Waals surface area contributed by atoms with E-state index in [4.69, 9.17) is 5.73 Å². The van der Waals surface area contributed by atoms with Crippen LogP contribution in [0.1, 0.15) is 29.7 Å². The van der Waals surface area contributed by atoms with Gasteiger partial charge in [-0.2, -0.15) is 13.2 Å². The molecule has 0 heterocycles. The van der Waals surface area contributed by atoms with Crippen LogP contribution in [0.15, 0.2) is 18.2 Å². The molecule has 0 amide bonds. The first-order valence-corrected chi connectivity index (χ1v) is 6.34. The Balaban J connectivity index is 2.71. The Morgan fingerprint density at radius 3 is 2.32 bits per heavy atom. The molecule has 108 valence electrons. The van der Waals surface area contributed by atoms with Gasteiger partial charge in [0.15, 0.2) is 0 Å². The number of hydrogen-bond acceptors (Lipinski definition) is 2. The third-order valence-corrected chi connectivity index (χ3v) is 3.26. The van der Waals surface area contributed by atoms with Gasteiger partial charge in [0, 0.05) is 12.6 Å². The molecule has 0 bridgehead atoms. The standard InChI is InChI=1S/C14H21F3N2/c1-4-19(9-14(15,16)17)8-13(18)12-6-5-10(2)11(3)7-12/h5-7,13H,4,8-9,18H2,1-3H3. The van der Waals surface area contributed by atoms with Crippen molar-refractivity contribution in [2.45, 2.75) is 33.0 Å². The second kappa shape index (κ2) is 6.39. The first kappa shape index (κ1) is 16.0. The molecule has 2 nitrogen and oxygen atoms in total. The average Bonchev–Trinajstić information content (AvgIpc) is 2.29. The molecule has 1 unspecified atom stereocenters. The molecule has 0 fully saturated rings. The highest BCUT2D eigenvalue weighted by atomic mass is 19.4. The van der Waals surface area contributed by atoms with Crippen molar-refractivity contribution in [2.75, 3.05) is 19.6 Å². The lowest BCUT2D eigenvalue weighted by Gasteiger charge is -2.25. The summed E-state index contributed by atoms with van der Waals surface area (Å²) >= 11 is 0. The molecule has 19 heavy (non-hydrogen) atoms. The Morgan fingerprint density at radius 2 is 1.84 bits per heavy atom. The second-order valence-electron chi connectivity index (χ2n) is 4.89. The van der Waals surface area contributed by atoms with Crippen LogP contribution >= 0.6 is 0 Å². The van der Waals surface area contributed by atoms with E-state index < -0.39 is 18.8 Å². The Kier molecular flexibility index (Phi) is 5.38. The second-order valence-corrected chi connectivity index (χ2v) is 4.89. The zero-order valence-corrected chi connectivity index (χ0v) is 11.6. The van der Waals surface area contributed by atoms with E-state index in [2.05, 4.69) is 0 Å². The fraction of sp³-hybridized carbons (Fsp3) is 0.571. The first-order chi connectivity index (χ1) is 8.73. The van der Waals surface area contributed by atoms with Crippen molar-refractivity contribution in [2.24, 2.45) is 5.73 Å². The maximum atomic E-state index is 12.4. The van der Waals surface area contributed by atoms with Crippen LogP contribution in [0, 0.1) is 13.8 Å². The van der Waals surface area contributed by atoms with Crippen molar-refractivity contribution < 1.29 is 13.2 Å². The topological polar surface area (TPSA) is 29.3 Å². The molecular formula is C14H21F3N2. The molecule has 0 saturated heterocycles. The van der Waals surface area contributed by atoms with Crippen LogP contribution in [0.2, 0.25) is 0 Å². The molecule has 1 aromatic carbocycles. The summed E-state index contributed by atoms with van der Waals surface area (Å²) in [7, 11) is 0. The molecule has 0 aliphatic carbocycles. The van der Waals surface area contributed by atoms with E-state index in [1.807, 2.05) is 32.0 Å². The lowest BCUT2D eigenvalue weighted by Crippen LogP contribution is -2.38. The molecule has 0 aliphatic rings. The summed E-state index contributed by atoms with van der Waals surface area (Å²) in [6.45, 7) is 5.29. The number of halogens is 3. The summed E-state index contributed by atoms with van der Waals surface area (Å²) in [6.07, 6.45) is -4.18. The normalized spacial score (nSPS) is 13.9. The molecule has 0 radical (unpaired) electrons. The summed E-state index contributed by atoms with van der Waals surface area (Å²) in [6, 6.07) is 5.38. The molecule has 1 rings (SSSR count). The minimum absolute atomic E-state index is 0.207. The lowest BCUT2D eigenvalue weighted by molar-refractivity contribution is -0.145. The quantitative estimate of drug-likeness (QED) is 0.893. The molecule has 1 atom stereocenters. The molecule has 1 aromatic rings. The molecule has 0 aliphatic heterocycles. The fourth-order valence-corrected chi connectivity index (χ4v) is 1.94.